The largest absolute Gasteiger partial charge is 0.396 e. The lowest BCUT2D eigenvalue weighted by molar-refractivity contribution is 0.356. The summed E-state index contributed by atoms with van der Waals surface area (Å²) in [6.07, 6.45) is 14.2. The summed E-state index contributed by atoms with van der Waals surface area (Å²) in [6.45, 7) is 2.07. The van der Waals surface area contributed by atoms with Crippen LogP contribution in [0.2, 0.25) is 0 Å². The molecule has 0 amide bonds. The van der Waals surface area contributed by atoms with Crippen LogP contribution in [0.5, 0.6) is 0 Å². The fourth-order valence-corrected chi connectivity index (χ4v) is 4.40. The van der Waals surface area contributed by atoms with Gasteiger partial charge in [-0.25, -0.2) is 14.6 Å². The fourth-order valence-electron chi connectivity index (χ4n) is 4.40. The first-order valence-corrected chi connectivity index (χ1v) is 11.4. The topological polar surface area (TPSA) is 121 Å². The van der Waals surface area contributed by atoms with Crippen LogP contribution in [0, 0.1) is 12.8 Å². The summed E-state index contributed by atoms with van der Waals surface area (Å²) >= 11 is 0. The van der Waals surface area contributed by atoms with Gasteiger partial charge in [-0.2, -0.15) is 5.10 Å². The zero-order valence-corrected chi connectivity index (χ0v) is 18.7. The molecule has 5 N–H and O–H groups in total. The number of hydrazine groups is 1. The Morgan fingerprint density at radius 1 is 1.19 bits per heavy atom. The highest BCUT2D eigenvalue weighted by molar-refractivity contribution is 5.63. The molecule has 0 atom stereocenters. The number of pyridine rings is 1. The Kier molecular flexibility index (Phi) is 7.11. The molecule has 1 aliphatic rings. The summed E-state index contributed by atoms with van der Waals surface area (Å²) in [7, 11) is 0. The molecule has 0 radical (unpaired) electrons. The third-order valence-corrected chi connectivity index (χ3v) is 6.28. The maximum Gasteiger partial charge on any atom is 0.156 e. The zero-order valence-electron chi connectivity index (χ0n) is 18.7. The van der Waals surface area contributed by atoms with Crippen molar-refractivity contribution in [3.63, 3.8) is 0 Å². The quantitative estimate of drug-likeness (QED) is 0.369. The molecule has 3 heterocycles. The molecular formula is C24H32N8. The van der Waals surface area contributed by atoms with Gasteiger partial charge in [0.05, 0.1) is 17.1 Å². The van der Waals surface area contributed by atoms with Crippen molar-refractivity contribution < 1.29 is 0 Å². The summed E-state index contributed by atoms with van der Waals surface area (Å²) in [5.74, 6) is 7.32. The van der Waals surface area contributed by atoms with Gasteiger partial charge in [0.1, 0.15) is 6.33 Å². The minimum atomic E-state index is 0.571. The van der Waals surface area contributed by atoms with E-state index in [-0.39, 0.29) is 0 Å². The molecule has 0 saturated heterocycles. The minimum absolute atomic E-state index is 0.571. The van der Waals surface area contributed by atoms with Gasteiger partial charge in [0.25, 0.3) is 0 Å². The highest BCUT2D eigenvalue weighted by atomic mass is 15.3. The number of hydrogen-bond donors (Lipinski definition) is 3. The van der Waals surface area contributed by atoms with Crippen molar-refractivity contribution in [2.75, 3.05) is 0 Å². The van der Waals surface area contributed by atoms with Gasteiger partial charge in [0, 0.05) is 29.8 Å². The molecule has 32 heavy (non-hydrogen) atoms. The monoisotopic (exact) mass is 432 g/mol. The van der Waals surface area contributed by atoms with Crippen molar-refractivity contribution in [2.24, 2.45) is 17.5 Å². The van der Waals surface area contributed by atoms with Crippen molar-refractivity contribution in [1.82, 2.24) is 30.2 Å². The predicted molar refractivity (Wildman–Crippen MR) is 125 cm³/mol. The summed E-state index contributed by atoms with van der Waals surface area (Å²) in [5, 5.41) is 4.22. The fraction of sp³-hybridized carbons (Fsp3) is 0.417. The number of allylic oxidation sites excluding steroid dienone is 1. The second-order valence-electron chi connectivity index (χ2n) is 8.50. The van der Waals surface area contributed by atoms with Gasteiger partial charge in [-0.05, 0) is 49.8 Å². The summed E-state index contributed by atoms with van der Waals surface area (Å²) in [6, 6.07) is 7.96. The molecule has 4 rings (SSSR count). The molecule has 8 nitrogen and oxygen atoms in total. The predicted octanol–water partition coefficient (Wildman–Crippen LogP) is 3.21. The number of aryl methyl sites for hydroxylation is 2. The number of hydrogen-bond acceptors (Lipinski definition) is 7. The van der Waals surface area contributed by atoms with E-state index >= 15 is 0 Å². The third-order valence-electron chi connectivity index (χ3n) is 6.28. The van der Waals surface area contributed by atoms with Crippen LogP contribution in [0.1, 0.15) is 61.2 Å². The van der Waals surface area contributed by atoms with Crippen LogP contribution >= 0.6 is 0 Å². The van der Waals surface area contributed by atoms with Crippen molar-refractivity contribution in [1.29, 1.82) is 0 Å². The number of nitrogens with zero attached hydrogens (tertiary/aromatic N) is 5. The van der Waals surface area contributed by atoms with Crippen LogP contribution < -0.4 is 17.0 Å². The average molecular weight is 433 g/mol. The first-order valence-electron chi connectivity index (χ1n) is 11.4. The summed E-state index contributed by atoms with van der Waals surface area (Å²) < 4.78 is 1.71. The molecule has 0 aromatic carbocycles. The highest BCUT2D eigenvalue weighted by Crippen LogP contribution is 2.28. The van der Waals surface area contributed by atoms with Crippen LogP contribution in [0.3, 0.4) is 0 Å². The Balaban J connectivity index is 1.45. The Morgan fingerprint density at radius 2 is 2.03 bits per heavy atom. The minimum Gasteiger partial charge on any atom is -0.396 e. The van der Waals surface area contributed by atoms with E-state index in [1.54, 1.807) is 17.2 Å². The molecule has 1 aliphatic carbocycles. The molecule has 0 bridgehead atoms. The molecule has 0 unspecified atom stereocenters. The molecular weight excluding hydrogens is 400 g/mol. The Labute approximate surface area is 189 Å². The first kappa shape index (κ1) is 22.0. The lowest BCUT2D eigenvalue weighted by atomic mass is 9.84. The lowest BCUT2D eigenvalue weighted by Crippen LogP contribution is -2.25. The van der Waals surface area contributed by atoms with Crippen LogP contribution in [-0.4, -0.2) is 24.7 Å². The Morgan fingerprint density at radius 3 is 2.75 bits per heavy atom. The van der Waals surface area contributed by atoms with Gasteiger partial charge in [0.15, 0.2) is 5.82 Å². The van der Waals surface area contributed by atoms with E-state index in [1.165, 1.54) is 37.7 Å². The smallest absolute Gasteiger partial charge is 0.156 e. The van der Waals surface area contributed by atoms with Crippen molar-refractivity contribution >= 4 is 5.70 Å². The van der Waals surface area contributed by atoms with Gasteiger partial charge >= 0.3 is 0 Å². The van der Waals surface area contributed by atoms with E-state index in [4.69, 9.17) is 16.6 Å². The normalized spacial score (nSPS) is 15.4. The van der Waals surface area contributed by atoms with Crippen LogP contribution in [0.25, 0.3) is 11.5 Å². The van der Waals surface area contributed by atoms with Crippen LogP contribution in [0.15, 0.2) is 48.7 Å². The molecule has 0 aliphatic heterocycles. The highest BCUT2D eigenvalue weighted by Gasteiger charge is 2.16. The SMILES string of the molecule is Cc1nc(/C(N)=C(\CCc2cc(-n3cccn3)ncn2)NN)ccc1CC1CCCCC1. The van der Waals surface area contributed by atoms with E-state index in [1.807, 2.05) is 24.4 Å². The zero-order chi connectivity index (χ0) is 22.3. The number of rotatable bonds is 8. The van der Waals surface area contributed by atoms with Crippen LogP contribution in [-0.2, 0) is 12.8 Å². The number of aromatic nitrogens is 5. The maximum atomic E-state index is 6.45. The molecule has 8 heteroatoms. The van der Waals surface area contributed by atoms with E-state index in [2.05, 4.69) is 33.5 Å². The third kappa shape index (κ3) is 5.31. The molecule has 0 spiro atoms. The van der Waals surface area contributed by atoms with E-state index in [0.29, 0.717) is 18.5 Å². The number of nitrogens with two attached hydrogens (primary N) is 2. The van der Waals surface area contributed by atoms with Crippen molar-refractivity contribution in [3.05, 3.63) is 71.3 Å². The maximum absolute atomic E-state index is 6.45. The first-order chi connectivity index (χ1) is 15.6. The second kappa shape index (κ2) is 10.4. The van der Waals surface area contributed by atoms with Crippen LogP contribution in [0.4, 0.5) is 0 Å². The summed E-state index contributed by atoms with van der Waals surface area (Å²) in [4.78, 5) is 13.4. The molecule has 1 fully saturated rings. The second-order valence-corrected chi connectivity index (χ2v) is 8.50. The molecule has 168 valence electrons. The van der Waals surface area contributed by atoms with E-state index in [9.17, 15) is 0 Å². The average Bonchev–Trinajstić information content (AvgIpc) is 3.37. The lowest BCUT2D eigenvalue weighted by Gasteiger charge is -2.22. The van der Waals surface area contributed by atoms with Gasteiger partial charge in [0.2, 0.25) is 0 Å². The van der Waals surface area contributed by atoms with E-state index in [0.717, 1.165) is 40.9 Å². The van der Waals surface area contributed by atoms with Gasteiger partial charge in [-0.15, -0.1) is 0 Å². The standard InChI is InChI=1S/C24H32N8/c1-17-19(14-18-6-3-2-4-7-18)8-10-21(30-17)24(25)22(31-26)11-9-20-15-23(28-16-27-20)32-13-5-12-29-32/h5,8,10,12-13,15-16,18,31H,2-4,6-7,9,11,14,25-26H2,1H3/b24-22-. The molecule has 3 aromatic rings. The molecule has 1 saturated carbocycles. The van der Waals surface area contributed by atoms with Gasteiger partial charge in [-0.3, -0.25) is 10.8 Å². The number of nitrogens with one attached hydrogen (secondary N) is 1. The van der Waals surface area contributed by atoms with Gasteiger partial charge < -0.3 is 11.2 Å². The Hall–Kier alpha value is -3.26. The van der Waals surface area contributed by atoms with Crippen molar-refractivity contribution in [2.45, 2.75) is 58.3 Å². The summed E-state index contributed by atoms with van der Waals surface area (Å²) in [5.41, 5.74) is 14.5. The van der Waals surface area contributed by atoms with Gasteiger partial charge in [-0.1, -0.05) is 38.2 Å². The van der Waals surface area contributed by atoms with E-state index < -0.39 is 0 Å². The Bertz CT molecular complexity index is 1050. The van der Waals surface area contributed by atoms with Crippen molar-refractivity contribution in [3.8, 4) is 5.82 Å². The molecule has 3 aromatic heterocycles.